The first kappa shape index (κ1) is 21.1. The van der Waals surface area contributed by atoms with Gasteiger partial charge < -0.3 is 10.1 Å². The Labute approximate surface area is 181 Å². The van der Waals surface area contributed by atoms with Crippen LogP contribution in [-0.4, -0.2) is 28.0 Å². The number of aromatic nitrogens is 2. The summed E-state index contributed by atoms with van der Waals surface area (Å²) in [5.41, 5.74) is 1.58. The number of carbonyl (C=O) groups is 1. The molecule has 1 aliphatic carbocycles. The van der Waals surface area contributed by atoms with Crippen molar-refractivity contribution >= 4 is 23.5 Å². The normalized spacial score (nSPS) is 19.8. The van der Waals surface area contributed by atoms with E-state index >= 15 is 0 Å². The highest BCUT2D eigenvalue weighted by Crippen LogP contribution is 2.42. The summed E-state index contributed by atoms with van der Waals surface area (Å²) in [6, 6.07) is 8.22. The van der Waals surface area contributed by atoms with Gasteiger partial charge in [-0.3, -0.25) is 19.4 Å². The number of carbonyl (C=O) groups excluding carboxylic acids is 1. The van der Waals surface area contributed by atoms with E-state index in [0.717, 1.165) is 50.0 Å². The summed E-state index contributed by atoms with van der Waals surface area (Å²) in [6.45, 7) is 2.90. The standard InChI is InChI=1S/C23H31N3O3S/c1-2-3-7-14-29-18-12-10-16(11-13-18)21-20-22(24-19(27)15-30-21)26(25-23(20)28)17-8-5-4-6-9-17/h10-13,17,21H,2-9,14-15H2,1H3,(H,24,27)(H,25,28). The number of H-pyrrole nitrogens is 1. The molecule has 1 aliphatic heterocycles. The quantitative estimate of drug-likeness (QED) is 0.606. The highest BCUT2D eigenvalue weighted by Gasteiger charge is 2.32. The molecule has 2 aromatic rings. The van der Waals surface area contributed by atoms with E-state index in [9.17, 15) is 9.59 Å². The van der Waals surface area contributed by atoms with Crippen molar-refractivity contribution in [3.05, 3.63) is 45.7 Å². The molecule has 0 spiro atoms. The number of nitrogens with one attached hydrogen (secondary N) is 2. The number of fused-ring (bicyclic) bond motifs is 1. The third-order valence-corrected chi connectivity index (χ3v) is 7.27. The molecule has 0 bridgehead atoms. The second-order valence-electron chi connectivity index (χ2n) is 8.23. The van der Waals surface area contributed by atoms with Crippen molar-refractivity contribution in [2.75, 3.05) is 17.7 Å². The van der Waals surface area contributed by atoms with Crippen molar-refractivity contribution in [3.8, 4) is 5.75 Å². The molecule has 6 nitrogen and oxygen atoms in total. The zero-order valence-corrected chi connectivity index (χ0v) is 18.4. The predicted molar refractivity (Wildman–Crippen MR) is 122 cm³/mol. The second kappa shape index (κ2) is 9.77. The molecule has 0 saturated heterocycles. The Hall–Kier alpha value is -2.15. The molecule has 1 fully saturated rings. The molecule has 1 atom stereocenters. The van der Waals surface area contributed by atoms with Gasteiger partial charge in [-0.15, -0.1) is 11.8 Å². The van der Waals surface area contributed by atoms with E-state index in [1.807, 2.05) is 28.9 Å². The van der Waals surface area contributed by atoms with Crippen LogP contribution in [0.5, 0.6) is 5.75 Å². The van der Waals surface area contributed by atoms with Crippen LogP contribution in [0.15, 0.2) is 29.1 Å². The molecule has 2 aliphatic rings. The molecule has 0 radical (unpaired) electrons. The number of unbranched alkanes of at least 4 members (excludes halogenated alkanes) is 2. The van der Waals surface area contributed by atoms with Crippen LogP contribution >= 0.6 is 11.8 Å². The maximum atomic E-state index is 13.0. The fourth-order valence-electron chi connectivity index (χ4n) is 4.40. The van der Waals surface area contributed by atoms with Crippen LogP contribution in [0.3, 0.4) is 0 Å². The average Bonchev–Trinajstić information content (AvgIpc) is 2.97. The minimum Gasteiger partial charge on any atom is -0.494 e. The Morgan fingerprint density at radius 1 is 1.10 bits per heavy atom. The Balaban J connectivity index is 1.60. The Kier molecular flexibility index (Phi) is 6.87. The topological polar surface area (TPSA) is 76.1 Å². The third-order valence-electron chi connectivity index (χ3n) is 6.00. The number of anilines is 1. The summed E-state index contributed by atoms with van der Waals surface area (Å²) in [6.07, 6.45) is 9.02. The molecule has 1 saturated carbocycles. The van der Waals surface area contributed by atoms with Crippen LogP contribution in [0.25, 0.3) is 0 Å². The number of rotatable bonds is 7. The summed E-state index contributed by atoms with van der Waals surface area (Å²) < 4.78 is 7.75. The van der Waals surface area contributed by atoms with E-state index in [1.54, 1.807) is 0 Å². The van der Waals surface area contributed by atoms with E-state index in [-0.39, 0.29) is 22.8 Å². The number of nitrogens with zero attached hydrogens (tertiary/aromatic N) is 1. The fraction of sp³-hybridized carbons (Fsp3) is 0.565. The number of hydrogen-bond donors (Lipinski definition) is 2. The molecular formula is C23H31N3O3S. The van der Waals surface area contributed by atoms with Crippen LogP contribution < -0.4 is 15.6 Å². The van der Waals surface area contributed by atoms with Gasteiger partial charge in [0.15, 0.2) is 0 Å². The predicted octanol–water partition coefficient (Wildman–Crippen LogP) is 5.03. The van der Waals surface area contributed by atoms with Gasteiger partial charge in [0.1, 0.15) is 11.6 Å². The molecule has 7 heteroatoms. The van der Waals surface area contributed by atoms with Gasteiger partial charge >= 0.3 is 0 Å². The average molecular weight is 430 g/mol. The Morgan fingerprint density at radius 3 is 2.60 bits per heavy atom. The minimum atomic E-state index is -0.179. The number of aromatic amines is 1. The van der Waals surface area contributed by atoms with Crippen molar-refractivity contribution in [2.24, 2.45) is 0 Å². The van der Waals surface area contributed by atoms with Crippen LogP contribution in [0, 0.1) is 0 Å². The van der Waals surface area contributed by atoms with E-state index in [1.165, 1.54) is 31.0 Å². The lowest BCUT2D eigenvalue weighted by molar-refractivity contribution is -0.113. The molecule has 2 heterocycles. The van der Waals surface area contributed by atoms with E-state index in [4.69, 9.17) is 4.74 Å². The monoisotopic (exact) mass is 429 g/mol. The van der Waals surface area contributed by atoms with Gasteiger partial charge in [-0.2, -0.15) is 0 Å². The summed E-state index contributed by atoms with van der Waals surface area (Å²) in [5, 5.41) is 5.86. The van der Waals surface area contributed by atoms with Gasteiger partial charge in [0.2, 0.25) is 5.91 Å². The van der Waals surface area contributed by atoms with Gasteiger partial charge in [-0.25, -0.2) is 0 Å². The molecule has 1 aromatic heterocycles. The summed E-state index contributed by atoms with van der Waals surface area (Å²) in [5.74, 6) is 1.78. The molecule has 1 aromatic carbocycles. The van der Waals surface area contributed by atoms with Crippen LogP contribution in [0.1, 0.15) is 80.7 Å². The fourth-order valence-corrected chi connectivity index (χ4v) is 5.53. The Morgan fingerprint density at radius 2 is 1.87 bits per heavy atom. The van der Waals surface area contributed by atoms with Crippen molar-refractivity contribution in [1.29, 1.82) is 0 Å². The first-order valence-corrected chi connectivity index (χ1v) is 12.2. The SMILES string of the molecule is CCCCCOc1ccc(C2SCC(=O)Nc3c2c(=O)[nH]n3C2CCCCC2)cc1. The lowest BCUT2D eigenvalue weighted by Gasteiger charge is -2.24. The molecule has 30 heavy (non-hydrogen) atoms. The molecular weight excluding hydrogens is 398 g/mol. The minimum absolute atomic E-state index is 0.0526. The van der Waals surface area contributed by atoms with Crippen LogP contribution in [0.4, 0.5) is 5.82 Å². The van der Waals surface area contributed by atoms with Crippen LogP contribution in [-0.2, 0) is 4.79 Å². The second-order valence-corrected chi connectivity index (χ2v) is 9.32. The number of amides is 1. The lowest BCUT2D eigenvalue weighted by atomic mass is 9.95. The molecule has 2 N–H and O–H groups in total. The van der Waals surface area contributed by atoms with Gasteiger partial charge in [0.05, 0.1) is 29.2 Å². The van der Waals surface area contributed by atoms with Gasteiger partial charge in [0.25, 0.3) is 5.56 Å². The molecule has 4 rings (SSSR count). The number of thioether (sulfide) groups is 1. The first-order valence-electron chi connectivity index (χ1n) is 11.2. The van der Waals surface area contributed by atoms with Crippen LogP contribution in [0.2, 0.25) is 0 Å². The number of hydrogen-bond acceptors (Lipinski definition) is 4. The van der Waals surface area contributed by atoms with E-state index in [0.29, 0.717) is 17.1 Å². The summed E-state index contributed by atoms with van der Waals surface area (Å²) in [7, 11) is 0. The molecule has 1 unspecified atom stereocenters. The smallest absolute Gasteiger partial charge is 0.270 e. The van der Waals surface area contributed by atoms with Crippen molar-refractivity contribution in [3.63, 3.8) is 0 Å². The zero-order valence-electron chi connectivity index (χ0n) is 17.6. The Bertz CT molecular complexity index is 913. The number of ether oxygens (including phenoxy) is 1. The largest absolute Gasteiger partial charge is 0.494 e. The molecule has 1 amide bonds. The molecule has 162 valence electrons. The van der Waals surface area contributed by atoms with E-state index < -0.39 is 0 Å². The van der Waals surface area contributed by atoms with Gasteiger partial charge in [0, 0.05) is 0 Å². The van der Waals surface area contributed by atoms with Crippen molar-refractivity contribution < 1.29 is 9.53 Å². The summed E-state index contributed by atoms with van der Waals surface area (Å²) in [4.78, 5) is 25.4. The zero-order chi connectivity index (χ0) is 20.9. The third kappa shape index (κ3) is 4.61. The maximum Gasteiger partial charge on any atom is 0.270 e. The maximum absolute atomic E-state index is 13.0. The highest BCUT2D eigenvalue weighted by atomic mass is 32.2. The first-order chi connectivity index (χ1) is 14.7. The lowest BCUT2D eigenvalue weighted by Crippen LogP contribution is -2.21. The van der Waals surface area contributed by atoms with Crippen molar-refractivity contribution in [1.82, 2.24) is 9.78 Å². The van der Waals surface area contributed by atoms with E-state index in [2.05, 4.69) is 17.3 Å². The van der Waals surface area contributed by atoms with Gasteiger partial charge in [-0.1, -0.05) is 51.2 Å². The van der Waals surface area contributed by atoms with Gasteiger partial charge in [-0.05, 0) is 37.0 Å². The summed E-state index contributed by atoms with van der Waals surface area (Å²) >= 11 is 1.51. The highest BCUT2D eigenvalue weighted by molar-refractivity contribution is 8.00. The number of benzene rings is 1. The van der Waals surface area contributed by atoms with Crippen molar-refractivity contribution in [2.45, 2.75) is 69.6 Å².